The van der Waals surface area contributed by atoms with Crippen molar-refractivity contribution in [2.24, 2.45) is 10.9 Å². The largest absolute Gasteiger partial charge is 0.388 e. The summed E-state index contributed by atoms with van der Waals surface area (Å²) in [7, 11) is 0. The highest BCUT2D eigenvalue weighted by Crippen LogP contribution is 2.29. The van der Waals surface area contributed by atoms with Crippen LogP contribution in [0.1, 0.15) is 51.9 Å². The minimum absolute atomic E-state index is 0.546. The lowest BCUT2D eigenvalue weighted by atomic mass is 10.0. The maximum absolute atomic E-state index is 10.5. The Balaban J connectivity index is 1.53. The summed E-state index contributed by atoms with van der Waals surface area (Å²) in [4.78, 5) is 9.81. The number of hydrogen-bond acceptors (Lipinski definition) is 3. The molecule has 0 spiro atoms. The topological polar surface area (TPSA) is 51.1 Å². The van der Waals surface area contributed by atoms with Crippen LogP contribution in [0.15, 0.2) is 4.99 Å². The molecular formula is C18H34N4O. The van der Waals surface area contributed by atoms with Crippen LogP contribution in [-0.4, -0.2) is 72.3 Å². The maximum atomic E-state index is 10.5. The summed E-state index contributed by atoms with van der Waals surface area (Å²) in [5, 5.41) is 14.0. The molecule has 0 radical (unpaired) electrons. The predicted molar refractivity (Wildman–Crippen MR) is 94.8 cm³/mol. The van der Waals surface area contributed by atoms with Gasteiger partial charge in [-0.15, -0.1) is 0 Å². The van der Waals surface area contributed by atoms with Gasteiger partial charge in [-0.25, -0.2) is 0 Å². The Hall–Kier alpha value is -0.810. The molecule has 23 heavy (non-hydrogen) atoms. The second-order valence-electron chi connectivity index (χ2n) is 7.71. The van der Waals surface area contributed by atoms with Gasteiger partial charge < -0.3 is 20.2 Å². The van der Waals surface area contributed by atoms with E-state index in [0.717, 1.165) is 57.2 Å². The van der Waals surface area contributed by atoms with Crippen molar-refractivity contribution in [3.8, 4) is 0 Å². The van der Waals surface area contributed by atoms with E-state index < -0.39 is 5.60 Å². The predicted octanol–water partition coefficient (Wildman–Crippen LogP) is 1.67. The Labute approximate surface area is 141 Å². The van der Waals surface area contributed by atoms with E-state index in [2.05, 4.69) is 22.0 Å². The van der Waals surface area contributed by atoms with Crippen molar-refractivity contribution >= 4 is 5.96 Å². The Morgan fingerprint density at radius 2 is 1.91 bits per heavy atom. The molecule has 5 nitrogen and oxygen atoms in total. The second kappa shape index (κ2) is 7.84. The van der Waals surface area contributed by atoms with Gasteiger partial charge in [-0.1, -0.05) is 12.8 Å². The van der Waals surface area contributed by atoms with Crippen molar-refractivity contribution in [1.29, 1.82) is 0 Å². The summed E-state index contributed by atoms with van der Waals surface area (Å²) in [6, 6.07) is 0. The third-order valence-electron chi connectivity index (χ3n) is 5.69. The zero-order valence-corrected chi connectivity index (χ0v) is 14.8. The highest BCUT2D eigenvalue weighted by atomic mass is 16.3. The van der Waals surface area contributed by atoms with Crippen LogP contribution in [-0.2, 0) is 0 Å². The Bertz CT molecular complexity index is 400. The number of hydrogen-bond donors (Lipinski definition) is 2. The van der Waals surface area contributed by atoms with Gasteiger partial charge in [0.1, 0.15) is 0 Å². The molecule has 1 saturated carbocycles. The number of guanidine groups is 1. The summed E-state index contributed by atoms with van der Waals surface area (Å²) in [6.45, 7) is 9.61. The van der Waals surface area contributed by atoms with Gasteiger partial charge in [0.05, 0.1) is 12.1 Å². The van der Waals surface area contributed by atoms with E-state index >= 15 is 0 Å². The van der Waals surface area contributed by atoms with Gasteiger partial charge in [0, 0.05) is 26.2 Å². The highest BCUT2D eigenvalue weighted by molar-refractivity contribution is 5.80. The fourth-order valence-electron chi connectivity index (χ4n) is 4.34. The number of aliphatic imine (C=N–C) groups is 1. The molecule has 2 saturated heterocycles. The van der Waals surface area contributed by atoms with Crippen LogP contribution in [0.5, 0.6) is 0 Å². The number of rotatable bonds is 5. The average molecular weight is 322 g/mol. The monoisotopic (exact) mass is 322 g/mol. The zero-order chi connectivity index (χ0) is 16.1. The summed E-state index contributed by atoms with van der Waals surface area (Å²) in [5.41, 5.74) is -0.546. The number of nitrogens with one attached hydrogen (secondary N) is 1. The van der Waals surface area contributed by atoms with Crippen molar-refractivity contribution < 1.29 is 5.11 Å². The summed E-state index contributed by atoms with van der Waals surface area (Å²) < 4.78 is 0. The summed E-state index contributed by atoms with van der Waals surface area (Å²) in [6.07, 6.45) is 8.12. The van der Waals surface area contributed by atoms with Gasteiger partial charge in [-0.3, -0.25) is 4.99 Å². The quantitative estimate of drug-likeness (QED) is 0.597. The first-order valence-electron chi connectivity index (χ1n) is 9.66. The molecule has 1 aliphatic carbocycles. The van der Waals surface area contributed by atoms with Crippen LogP contribution < -0.4 is 5.32 Å². The molecule has 3 aliphatic rings. The molecule has 2 N–H and O–H groups in total. The first-order chi connectivity index (χ1) is 11.2. The molecule has 0 aromatic rings. The highest BCUT2D eigenvalue weighted by Gasteiger charge is 2.32. The minimum atomic E-state index is -0.546. The third-order valence-corrected chi connectivity index (χ3v) is 5.69. The molecule has 2 aliphatic heterocycles. The van der Waals surface area contributed by atoms with Crippen LogP contribution in [0, 0.1) is 5.92 Å². The number of aliphatic hydroxyl groups is 1. The lowest BCUT2D eigenvalue weighted by Crippen LogP contribution is -2.42. The molecule has 0 bridgehead atoms. The van der Waals surface area contributed by atoms with Gasteiger partial charge >= 0.3 is 0 Å². The third kappa shape index (κ3) is 4.60. The van der Waals surface area contributed by atoms with Gasteiger partial charge in [-0.05, 0) is 58.0 Å². The van der Waals surface area contributed by atoms with Crippen molar-refractivity contribution in [3.63, 3.8) is 0 Å². The summed E-state index contributed by atoms with van der Waals surface area (Å²) >= 11 is 0. The SMILES string of the molecule is CCNC(=NCC1(O)CCCC1)N1CCC(CN2CCCC2)C1. The first-order valence-corrected chi connectivity index (χ1v) is 9.66. The fourth-order valence-corrected chi connectivity index (χ4v) is 4.34. The van der Waals surface area contributed by atoms with Crippen LogP contribution in [0.3, 0.4) is 0 Å². The molecule has 0 aromatic heterocycles. The molecule has 3 fully saturated rings. The molecule has 3 rings (SSSR count). The maximum Gasteiger partial charge on any atom is 0.194 e. The van der Waals surface area contributed by atoms with E-state index in [-0.39, 0.29) is 0 Å². The van der Waals surface area contributed by atoms with E-state index in [9.17, 15) is 5.11 Å². The molecule has 132 valence electrons. The van der Waals surface area contributed by atoms with Crippen LogP contribution >= 0.6 is 0 Å². The van der Waals surface area contributed by atoms with Gasteiger partial charge in [-0.2, -0.15) is 0 Å². The van der Waals surface area contributed by atoms with Gasteiger partial charge in [0.25, 0.3) is 0 Å². The zero-order valence-electron chi connectivity index (χ0n) is 14.8. The van der Waals surface area contributed by atoms with Crippen molar-refractivity contribution in [3.05, 3.63) is 0 Å². The number of likely N-dealkylation sites (tertiary alicyclic amines) is 2. The molecule has 2 heterocycles. The molecule has 0 amide bonds. The van der Waals surface area contributed by atoms with Crippen LogP contribution in [0.2, 0.25) is 0 Å². The molecule has 1 atom stereocenters. The smallest absolute Gasteiger partial charge is 0.194 e. The van der Waals surface area contributed by atoms with Gasteiger partial charge in [0.2, 0.25) is 0 Å². The van der Waals surface area contributed by atoms with Crippen molar-refractivity contribution in [1.82, 2.24) is 15.1 Å². The van der Waals surface area contributed by atoms with E-state index in [0.29, 0.717) is 6.54 Å². The first kappa shape index (κ1) is 17.0. The minimum Gasteiger partial charge on any atom is -0.388 e. The molecule has 0 aromatic carbocycles. The normalized spacial score (nSPS) is 28.7. The lowest BCUT2D eigenvalue weighted by Gasteiger charge is -2.25. The lowest BCUT2D eigenvalue weighted by molar-refractivity contribution is 0.0572. The Morgan fingerprint density at radius 1 is 1.17 bits per heavy atom. The van der Waals surface area contributed by atoms with Crippen molar-refractivity contribution in [2.75, 3.05) is 45.8 Å². The number of nitrogens with zero attached hydrogens (tertiary/aromatic N) is 3. The second-order valence-corrected chi connectivity index (χ2v) is 7.71. The Kier molecular flexibility index (Phi) is 5.81. The summed E-state index contributed by atoms with van der Waals surface area (Å²) in [5.74, 6) is 1.78. The Morgan fingerprint density at radius 3 is 2.61 bits per heavy atom. The van der Waals surface area contributed by atoms with E-state index in [4.69, 9.17) is 4.99 Å². The van der Waals surface area contributed by atoms with Crippen molar-refractivity contribution in [2.45, 2.75) is 57.5 Å². The van der Waals surface area contributed by atoms with E-state index in [1.807, 2.05) is 0 Å². The van der Waals surface area contributed by atoms with E-state index in [1.165, 1.54) is 38.9 Å². The fraction of sp³-hybridized carbons (Fsp3) is 0.944. The standard InChI is InChI=1S/C18H34N4O/c1-2-19-17(20-15-18(23)8-3-4-9-18)22-12-7-16(14-22)13-21-10-5-6-11-21/h16,23H,2-15H2,1H3,(H,19,20). The van der Waals surface area contributed by atoms with Gasteiger partial charge in [0.15, 0.2) is 5.96 Å². The average Bonchev–Trinajstić information content (AvgIpc) is 3.27. The molecule has 5 heteroatoms. The van der Waals surface area contributed by atoms with Crippen LogP contribution in [0.25, 0.3) is 0 Å². The molecule has 1 unspecified atom stereocenters. The van der Waals surface area contributed by atoms with E-state index in [1.54, 1.807) is 0 Å². The molecular weight excluding hydrogens is 288 g/mol. The van der Waals surface area contributed by atoms with Crippen LogP contribution in [0.4, 0.5) is 0 Å².